The minimum Gasteiger partial charge on any atom is -0.387 e. The van der Waals surface area contributed by atoms with Gasteiger partial charge in [0.25, 0.3) is 0 Å². The Morgan fingerprint density at radius 2 is 2.00 bits per heavy atom. The van der Waals surface area contributed by atoms with Crippen LogP contribution in [0.25, 0.3) is 0 Å². The summed E-state index contributed by atoms with van der Waals surface area (Å²) in [6.45, 7) is 3.10. The first-order chi connectivity index (χ1) is 6.43. The second-order valence-corrected chi connectivity index (χ2v) is 3.06. The predicted octanol–water partition coefficient (Wildman–Crippen LogP) is 3.09. The summed E-state index contributed by atoms with van der Waals surface area (Å²) in [6.07, 6.45) is 6.57. The molecule has 0 saturated heterocycles. The molecule has 0 saturated carbocycles. The van der Waals surface area contributed by atoms with E-state index in [2.05, 4.69) is 42.6 Å². The fourth-order valence-corrected chi connectivity index (χ4v) is 1.11. The SMILES string of the molecule is CCCC=CNCc1ccccc1. The topological polar surface area (TPSA) is 12.0 Å². The third-order valence-electron chi connectivity index (χ3n) is 1.84. The van der Waals surface area contributed by atoms with Gasteiger partial charge >= 0.3 is 0 Å². The lowest BCUT2D eigenvalue weighted by Crippen LogP contribution is -2.03. The zero-order valence-electron chi connectivity index (χ0n) is 8.16. The Kier molecular flexibility index (Phi) is 4.77. The van der Waals surface area contributed by atoms with Crippen LogP contribution in [0.5, 0.6) is 0 Å². The van der Waals surface area contributed by atoms with Gasteiger partial charge in [0.1, 0.15) is 0 Å². The first kappa shape index (κ1) is 9.85. The molecule has 1 rings (SSSR count). The van der Waals surface area contributed by atoms with Gasteiger partial charge in [0.05, 0.1) is 0 Å². The van der Waals surface area contributed by atoms with E-state index in [1.165, 1.54) is 12.0 Å². The first-order valence-electron chi connectivity index (χ1n) is 4.86. The first-order valence-corrected chi connectivity index (χ1v) is 4.86. The molecule has 0 radical (unpaired) electrons. The second-order valence-electron chi connectivity index (χ2n) is 3.06. The van der Waals surface area contributed by atoms with Gasteiger partial charge in [0, 0.05) is 6.54 Å². The van der Waals surface area contributed by atoms with E-state index in [1.54, 1.807) is 0 Å². The molecule has 1 aromatic rings. The number of rotatable bonds is 5. The summed E-state index contributed by atoms with van der Waals surface area (Å²) >= 11 is 0. The molecular weight excluding hydrogens is 158 g/mol. The van der Waals surface area contributed by atoms with Crippen molar-refractivity contribution in [1.82, 2.24) is 5.32 Å². The van der Waals surface area contributed by atoms with Gasteiger partial charge in [-0.15, -0.1) is 0 Å². The van der Waals surface area contributed by atoms with Crippen LogP contribution in [-0.2, 0) is 6.54 Å². The van der Waals surface area contributed by atoms with Crippen LogP contribution >= 0.6 is 0 Å². The zero-order chi connectivity index (χ0) is 9.36. The van der Waals surface area contributed by atoms with Crippen molar-refractivity contribution >= 4 is 0 Å². The van der Waals surface area contributed by atoms with Crippen LogP contribution in [0.15, 0.2) is 42.6 Å². The van der Waals surface area contributed by atoms with Crippen LogP contribution in [0.1, 0.15) is 25.3 Å². The fraction of sp³-hybridized carbons (Fsp3) is 0.333. The number of allylic oxidation sites excluding steroid dienone is 1. The Morgan fingerprint density at radius 3 is 2.69 bits per heavy atom. The van der Waals surface area contributed by atoms with Crippen molar-refractivity contribution in [2.24, 2.45) is 0 Å². The molecule has 0 aliphatic carbocycles. The second kappa shape index (κ2) is 6.30. The van der Waals surface area contributed by atoms with Crippen molar-refractivity contribution in [2.75, 3.05) is 0 Å². The Morgan fingerprint density at radius 1 is 1.23 bits per heavy atom. The number of hydrogen-bond acceptors (Lipinski definition) is 1. The Balaban J connectivity index is 2.20. The standard InChI is InChI=1S/C12H17N/c1-2-3-7-10-13-11-12-8-5-4-6-9-12/h4-10,13H,2-3,11H2,1H3. The maximum atomic E-state index is 3.26. The van der Waals surface area contributed by atoms with Crippen molar-refractivity contribution in [3.8, 4) is 0 Å². The molecule has 13 heavy (non-hydrogen) atoms. The third-order valence-corrected chi connectivity index (χ3v) is 1.84. The fourth-order valence-electron chi connectivity index (χ4n) is 1.11. The largest absolute Gasteiger partial charge is 0.387 e. The van der Waals surface area contributed by atoms with Crippen molar-refractivity contribution in [3.63, 3.8) is 0 Å². The Bertz CT molecular complexity index is 239. The van der Waals surface area contributed by atoms with Gasteiger partial charge < -0.3 is 5.32 Å². The van der Waals surface area contributed by atoms with Crippen molar-refractivity contribution in [3.05, 3.63) is 48.2 Å². The van der Waals surface area contributed by atoms with Gasteiger partial charge in [-0.2, -0.15) is 0 Å². The molecular formula is C12H17N. The summed E-state index contributed by atoms with van der Waals surface area (Å²) < 4.78 is 0. The van der Waals surface area contributed by atoms with Gasteiger partial charge in [0.2, 0.25) is 0 Å². The van der Waals surface area contributed by atoms with Gasteiger partial charge in [-0.3, -0.25) is 0 Å². The van der Waals surface area contributed by atoms with Crippen molar-refractivity contribution < 1.29 is 0 Å². The summed E-state index contributed by atoms with van der Waals surface area (Å²) in [5.41, 5.74) is 1.32. The molecule has 0 aliphatic rings. The van der Waals surface area contributed by atoms with Gasteiger partial charge in [-0.1, -0.05) is 49.8 Å². The molecule has 0 atom stereocenters. The van der Waals surface area contributed by atoms with Crippen molar-refractivity contribution in [2.45, 2.75) is 26.3 Å². The van der Waals surface area contributed by atoms with E-state index < -0.39 is 0 Å². The zero-order valence-corrected chi connectivity index (χ0v) is 8.16. The summed E-state index contributed by atoms with van der Waals surface area (Å²) in [5.74, 6) is 0. The van der Waals surface area contributed by atoms with Crippen LogP contribution in [0.2, 0.25) is 0 Å². The van der Waals surface area contributed by atoms with E-state index in [0.29, 0.717) is 0 Å². The summed E-state index contributed by atoms with van der Waals surface area (Å²) in [7, 11) is 0. The molecule has 1 aromatic carbocycles. The highest BCUT2D eigenvalue weighted by Gasteiger charge is 1.85. The third kappa shape index (κ3) is 4.36. The molecule has 0 aliphatic heterocycles. The quantitative estimate of drug-likeness (QED) is 0.725. The number of unbranched alkanes of at least 4 members (excludes halogenated alkanes) is 1. The molecule has 0 spiro atoms. The molecule has 1 nitrogen and oxygen atoms in total. The Labute approximate surface area is 80.5 Å². The molecule has 0 fully saturated rings. The molecule has 1 N–H and O–H groups in total. The van der Waals surface area contributed by atoms with E-state index in [9.17, 15) is 0 Å². The Hall–Kier alpha value is -1.24. The predicted molar refractivity (Wildman–Crippen MR) is 57.3 cm³/mol. The van der Waals surface area contributed by atoms with Crippen LogP contribution in [0, 0.1) is 0 Å². The summed E-state index contributed by atoms with van der Waals surface area (Å²) in [6, 6.07) is 10.4. The van der Waals surface area contributed by atoms with Crippen molar-refractivity contribution in [1.29, 1.82) is 0 Å². The monoisotopic (exact) mass is 175 g/mol. The highest BCUT2D eigenvalue weighted by atomic mass is 14.8. The molecule has 70 valence electrons. The van der Waals surface area contributed by atoms with E-state index in [-0.39, 0.29) is 0 Å². The van der Waals surface area contributed by atoms with E-state index in [0.717, 1.165) is 13.0 Å². The lowest BCUT2D eigenvalue weighted by atomic mass is 10.2. The molecule has 0 aromatic heterocycles. The van der Waals surface area contributed by atoms with Gasteiger partial charge in [0.15, 0.2) is 0 Å². The van der Waals surface area contributed by atoms with E-state index in [4.69, 9.17) is 0 Å². The minimum absolute atomic E-state index is 0.918. The summed E-state index contributed by atoms with van der Waals surface area (Å²) in [4.78, 5) is 0. The molecule has 0 unspecified atom stereocenters. The molecule has 1 heteroatoms. The molecule has 0 bridgehead atoms. The summed E-state index contributed by atoms with van der Waals surface area (Å²) in [5, 5.41) is 3.26. The van der Waals surface area contributed by atoms with Gasteiger partial charge in [-0.05, 0) is 18.2 Å². The lowest BCUT2D eigenvalue weighted by molar-refractivity contribution is 0.854. The normalized spacial score (nSPS) is 10.5. The number of benzene rings is 1. The average Bonchev–Trinajstić information content (AvgIpc) is 2.19. The number of nitrogens with one attached hydrogen (secondary N) is 1. The van der Waals surface area contributed by atoms with Crippen LogP contribution < -0.4 is 5.32 Å². The molecule has 0 amide bonds. The maximum absolute atomic E-state index is 3.26. The van der Waals surface area contributed by atoms with Crippen LogP contribution in [-0.4, -0.2) is 0 Å². The van der Waals surface area contributed by atoms with Crippen LogP contribution in [0.3, 0.4) is 0 Å². The highest BCUT2D eigenvalue weighted by molar-refractivity contribution is 5.14. The lowest BCUT2D eigenvalue weighted by Gasteiger charge is -1.99. The maximum Gasteiger partial charge on any atom is 0.0395 e. The minimum atomic E-state index is 0.918. The smallest absolute Gasteiger partial charge is 0.0395 e. The van der Waals surface area contributed by atoms with Gasteiger partial charge in [-0.25, -0.2) is 0 Å². The van der Waals surface area contributed by atoms with E-state index >= 15 is 0 Å². The average molecular weight is 175 g/mol. The van der Waals surface area contributed by atoms with Crippen LogP contribution in [0.4, 0.5) is 0 Å². The highest BCUT2D eigenvalue weighted by Crippen LogP contribution is 1.97. The van der Waals surface area contributed by atoms with E-state index in [1.807, 2.05) is 12.3 Å². The number of hydrogen-bond donors (Lipinski definition) is 1. The molecule has 0 heterocycles.